The third-order valence-corrected chi connectivity index (χ3v) is 12.3. The van der Waals surface area contributed by atoms with Gasteiger partial charge in [-0.15, -0.1) is 0 Å². The summed E-state index contributed by atoms with van der Waals surface area (Å²) in [5.41, 5.74) is 8.41. The van der Waals surface area contributed by atoms with Gasteiger partial charge >= 0.3 is 6.18 Å². The molecule has 2 amide bonds. The Balaban J connectivity index is 1.15. The van der Waals surface area contributed by atoms with Gasteiger partial charge in [-0.05, 0) is 82.1 Å². The van der Waals surface area contributed by atoms with Crippen LogP contribution in [-0.2, 0) is 28.6 Å². The molecule has 6 nitrogen and oxygen atoms in total. The first-order valence-electron chi connectivity index (χ1n) is 20.8. The van der Waals surface area contributed by atoms with Crippen LogP contribution in [0.4, 0.5) is 13.2 Å². The van der Waals surface area contributed by atoms with Crippen LogP contribution in [0.1, 0.15) is 62.4 Å². The lowest BCUT2D eigenvalue weighted by atomic mass is 9.88. The molecule has 0 fully saturated rings. The van der Waals surface area contributed by atoms with Crippen LogP contribution in [0.15, 0.2) is 175 Å². The highest BCUT2D eigenvalue weighted by Crippen LogP contribution is 2.43. The predicted octanol–water partition coefficient (Wildman–Crippen LogP) is 11.5. The first-order chi connectivity index (χ1) is 30.2. The molecule has 2 atom stereocenters. The molecule has 2 aliphatic heterocycles. The lowest BCUT2D eigenvalue weighted by Gasteiger charge is -2.37. The molecule has 2 aliphatic rings. The van der Waals surface area contributed by atoms with E-state index < -0.39 is 23.8 Å². The summed E-state index contributed by atoms with van der Waals surface area (Å²) in [6.07, 6.45) is -0.219. The van der Waals surface area contributed by atoms with Crippen LogP contribution >= 0.6 is 0 Å². The highest BCUT2D eigenvalue weighted by atomic mass is 19.4. The van der Waals surface area contributed by atoms with E-state index in [0.717, 1.165) is 67.6 Å². The van der Waals surface area contributed by atoms with E-state index >= 15 is 9.59 Å². The molecular weight excluding hydrogens is 782 g/mol. The largest absolute Gasteiger partial charge is 0.416 e. The molecule has 2 N–H and O–H groups in total. The van der Waals surface area contributed by atoms with E-state index in [4.69, 9.17) is 0 Å². The quantitative estimate of drug-likeness (QED) is 0.124. The molecule has 0 aliphatic carbocycles. The summed E-state index contributed by atoms with van der Waals surface area (Å²) in [5.74, 6) is -0.733. The Labute approximate surface area is 356 Å². The number of rotatable bonds is 7. The average molecular weight is 823 g/mol. The number of fused-ring (bicyclic) bond motifs is 6. The first-order valence-corrected chi connectivity index (χ1v) is 20.8. The van der Waals surface area contributed by atoms with Crippen LogP contribution in [-0.4, -0.2) is 44.7 Å². The Kier molecular flexibility index (Phi) is 9.95. The van der Waals surface area contributed by atoms with E-state index in [-0.39, 0.29) is 23.0 Å². The summed E-state index contributed by atoms with van der Waals surface area (Å²) in [6.45, 7) is 0.736. The summed E-state index contributed by atoms with van der Waals surface area (Å²) in [6, 6.07) is 48.9. The summed E-state index contributed by atoms with van der Waals surface area (Å²) >= 11 is 0. The number of hydrogen-bond donors (Lipinski definition) is 2. The number of halogens is 3. The van der Waals surface area contributed by atoms with Gasteiger partial charge in [-0.25, -0.2) is 0 Å². The number of aromatic amines is 2. The molecule has 0 spiro atoms. The maximum absolute atomic E-state index is 15.8. The molecule has 2 aromatic heterocycles. The van der Waals surface area contributed by atoms with Crippen molar-refractivity contribution in [3.05, 3.63) is 226 Å². The second-order valence-electron chi connectivity index (χ2n) is 15.9. The van der Waals surface area contributed by atoms with Crippen molar-refractivity contribution in [3.63, 3.8) is 0 Å². The molecular formula is C53H41F3N4O2. The zero-order chi connectivity index (χ0) is 42.4. The minimum Gasteiger partial charge on any atom is -0.356 e. The lowest BCUT2D eigenvalue weighted by Crippen LogP contribution is -2.42. The minimum atomic E-state index is -4.58. The molecule has 2 unspecified atom stereocenters. The zero-order valence-electron chi connectivity index (χ0n) is 33.6. The lowest BCUT2D eigenvalue weighted by molar-refractivity contribution is -0.137. The normalized spacial score (nSPS) is 17.0. The number of carbonyl (C=O) groups is 2. The van der Waals surface area contributed by atoms with Crippen molar-refractivity contribution in [1.82, 2.24) is 19.8 Å². The van der Waals surface area contributed by atoms with Crippen LogP contribution < -0.4 is 0 Å². The smallest absolute Gasteiger partial charge is 0.356 e. The van der Waals surface area contributed by atoms with E-state index in [0.29, 0.717) is 37.1 Å². The fourth-order valence-electron chi connectivity index (χ4n) is 9.39. The van der Waals surface area contributed by atoms with Crippen LogP contribution in [0.3, 0.4) is 0 Å². The monoisotopic (exact) mass is 822 g/mol. The summed E-state index contributed by atoms with van der Waals surface area (Å²) < 4.78 is 42.1. The first kappa shape index (κ1) is 38.8. The molecule has 0 saturated heterocycles. The molecule has 4 heterocycles. The Morgan fingerprint density at radius 2 is 1.03 bits per heavy atom. The van der Waals surface area contributed by atoms with E-state index in [1.807, 2.05) is 132 Å². The number of benzene rings is 6. The van der Waals surface area contributed by atoms with Crippen LogP contribution in [0.25, 0.3) is 33.5 Å². The van der Waals surface area contributed by atoms with Gasteiger partial charge in [0.2, 0.25) is 5.91 Å². The van der Waals surface area contributed by atoms with Crippen molar-refractivity contribution in [2.24, 2.45) is 0 Å². The summed E-state index contributed by atoms with van der Waals surface area (Å²) in [5, 5.41) is 2.20. The Hall–Kier alpha value is -7.39. The van der Waals surface area contributed by atoms with Crippen LogP contribution in [0, 0.1) is 0 Å². The van der Waals surface area contributed by atoms with Crippen LogP contribution in [0.2, 0.25) is 0 Å². The number of carbonyl (C=O) groups excluding carboxylic acids is 2. The fourth-order valence-corrected chi connectivity index (χ4v) is 9.39. The van der Waals surface area contributed by atoms with Crippen LogP contribution in [0.5, 0.6) is 0 Å². The molecule has 8 aromatic rings. The maximum Gasteiger partial charge on any atom is 0.416 e. The molecule has 0 saturated carbocycles. The number of alkyl halides is 3. The highest BCUT2D eigenvalue weighted by molar-refractivity contribution is 6.16. The number of H-pyrrole nitrogens is 2. The summed E-state index contributed by atoms with van der Waals surface area (Å²) in [7, 11) is 0. The van der Waals surface area contributed by atoms with Gasteiger partial charge < -0.3 is 19.8 Å². The zero-order valence-corrected chi connectivity index (χ0v) is 33.6. The number of aromatic nitrogens is 2. The van der Waals surface area contributed by atoms with Crippen molar-refractivity contribution in [2.45, 2.75) is 31.1 Å². The SMILES string of the molecule is O=C(/C=C(/C(=C\c1ccccc1)C(=O)N1CCc2c([nH]c3ccccc23)C1c1ccccc1)c1ccc(C(F)(F)F)cc1)N1CCc2c([nH]c3ccccc23)C1c1ccccc1. The van der Waals surface area contributed by atoms with Gasteiger partial charge in [0.15, 0.2) is 0 Å². The van der Waals surface area contributed by atoms with Gasteiger partial charge in [0.25, 0.3) is 5.91 Å². The Morgan fingerprint density at radius 3 is 1.56 bits per heavy atom. The number of para-hydroxylation sites is 2. The summed E-state index contributed by atoms with van der Waals surface area (Å²) in [4.78, 5) is 41.8. The highest BCUT2D eigenvalue weighted by Gasteiger charge is 2.39. The number of nitrogens with zero attached hydrogens (tertiary/aromatic N) is 2. The predicted molar refractivity (Wildman–Crippen MR) is 238 cm³/mol. The molecule has 0 radical (unpaired) electrons. The third kappa shape index (κ3) is 7.09. The third-order valence-electron chi connectivity index (χ3n) is 12.3. The van der Waals surface area contributed by atoms with Crippen molar-refractivity contribution < 1.29 is 22.8 Å². The molecule has 62 heavy (non-hydrogen) atoms. The molecule has 6 aromatic carbocycles. The van der Waals surface area contributed by atoms with E-state index in [9.17, 15) is 13.2 Å². The van der Waals surface area contributed by atoms with E-state index in [1.165, 1.54) is 18.2 Å². The Bertz CT molecular complexity index is 3000. The van der Waals surface area contributed by atoms with Gasteiger partial charge in [-0.1, -0.05) is 140 Å². The average Bonchev–Trinajstić information content (AvgIpc) is 3.88. The second-order valence-corrected chi connectivity index (χ2v) is 15.9. The van der Waals surface area contributed by atoms with Gasteiger partial charge in [0.05, 0.1) is 17.6 Å². The molecule has 306 valence electrons. The van der Waals surface area contributed by atoms with Gasteiger partial charge in [0.1, 0.15) is 0 Å². The molecule has 0 bridgehead atoms. The van der Waals surface area contributed by atoms with Crippen molar-refractivity contribution in [2.75, 3.05) is 13.1 Å². The van der Waals surface area contributed by atoms with Gasteiger partial charge in [-0.2, -0.15) is 13.2 Å². The number of hydrogen-bond acceptors (Lipinski definition) is 2. The molecule has 9 heteroatoms. The van der Waals surface area contributed by atoms with Crippen molar-refractivity contribution in [1.29, 1.82) is 0 Å². The van der Waals surface area contributed by atoms with Crippen molar-refractivity contribution >= 4 is 45.3 Å². The fraction of sp³-hybridized carbons (Fsp3) is 0.132. The number of nitrogens with one attached hydrogen (secondary N) is 2. The van der Waals surface area contributed by atoms with Gasteiger partial charge in [-0.3, -0.25) is 9.59 Å². The maximum atomic E-state index is 15.8. The molecule has 10 rings (SSSR count). The van der Waals surface area contributed by atoms with E-state index in [2.05, 4.69) is 22.1 Å². The minimum absolute atomic E-state index is 0.185. The topological polar surface area (TPSA) is 72.2 Å². The van der Waals surface area contributed by atoms with Gasteiger partial charge in [0, 0.05) is 57.9 Å². The van der Waals surface area contributed by atoms with E-state index in [1.54, 1.807) is 11.0 Å². The number of amides is 2. The second kappa shape index (κ2) is 15.9. The standard InChI is InChI=1S/C53H41F3N4O2/c54-53(55,56)38-26-24-35(25-27-38)43(33-47(61)59-30-28-41-39-20-10-12-22-45(39)57-48(41)50(59)36-16-6-2-7-17-36)44(32-34-14-4-1-5-15-34)52(62)60-31-29-42-40-21-11-13-23-46(40)58-49(42)51(60)37-18-8-3-9-19-37/h1-27,32-33,50-51,57-58H,28-31H2/b43-33+,44-32+. The van der Waals surface area contributed by atoms with Crippen molar-refractivity contribution in [3.8, 4) is 0 Å². The Morgan fingerprint density at radius 1 is 0.565 bits per heavy atom.